The van der Waals surface area contributed by atoms with Crippen LogP contribution in [0.5, 0.6) is 5.75 Å². The zero-order chi connectivity index (χ0) is 18.7. The Morgan fingerprint density at radius 2 is 1.69 bits per heavy atom. The molecule has 0 atom stereocenters. The third-order valence-electron chi connectivity index (χ3n) is 3.93. The van der Waals surface area contributed by atoms with E-state index in [9.17, 15) is 20.0 Å². The Balaban J connectivity index is 1.80. The fraction of sp³-hybridized carbons (Fsp3) is 0.0526. The lowest BCUT2D eigenvalue weighted by atomic mass is 10.1. The van der Waals surface area contributed by atoms with Crippen LogP contribution in [-0.2, 0) is 0 Å². The number of nitro benzene ring substituents is 1. The van der Waals surface area contributed by atoms with Gasteiger partial charge in [-0.15, -0.1) is 0 Å². The summed E-state index contributed by atoms with van der Waals surface area (Å²) < 4.78 is 0. The van der Waals surface area contributed by atoms with Crippen molar-refractivity contribution in [1.82, 2.24) is 5.43 Å². The van der Waals surface area contributed by atoms with Crippen molar-refractivity contribution in [3.8, 4) is 5.75 Å². The van der Waals surface area contributed by atoms with E-state index in [4.69, 9.17) is 0 Å². The van der Waals surface area contributed by atoms with Crippen molar-refractivity contribution in [2.75, 3.05) is 0 Å². The summed E-state index contributed by atoms with van der Waals surface area (Å²) in [5.41, 5.74) is 3.61. The van der Waals surface area contributed by atoms with Crippen molar-refractivity contribution >= 4 is 28.1 Å². The maximum absolute atomic E-state index is 12.3. The first-order valence-corrected chi connectivity index (χ1v) is 7.77. The second-order valence-electron chi connectivity index (χ2n) is 5.66. The van der Waals surface area contributed by atoms with E-state index < -0.39 is 10.8 Å². The van der Waals surface area contributed by atoms with Crippen molar-refractivity contribution in [2.24, 2.45) is 5.10 Å². The van der Waals surface area contributed by atoms with Crippen LogP contribution in [0.4, 0.5) is 5.69 Å². The van der Waals surface area contributed by atoms with Crippen LogP contribution in [0.2, 0.25) is 0 Å². The van der Waals surface area contributed by atoms with E-state index in [-0.39, 0.29) is 17.0 Å². The van der Waals surface area contributed by atoms with Gasteiger partial charge in [-0.3, -0.25) is 14.9 Å². The highest BCUT2D eigenvalue weighted by atomic mass is 16.6. The highest BCUT2D eigenvalue weighted by Crippen LogP contribution is 2.24. The molecule has 0 aliphatic rings. The van der Waals surface area contributed by atoms with Gasteiger partial charge in [0.25, 0.3) is 11.6 Å². The van der Waals surface area contributed by atoms with E-state index in [2.05, 4.69) is 10.5 Å². The van der Waals surface area contributed by atoms with Gasteiger partial charge in [0.15, 0.2) is 0 Å². The lowest BCUT2D eigenvalue weighted by molar-refractivity contribution is -0.384. The molecule has 0 unspecified atom stereocenters. The molecular weight excluding hydrogens is 334 g/mol. The van der Waals surface area contributed by atoms with E-state index in [0.717, 1.165) is 10.8 Å². The van der Waals surface area contributed by atoms with E-state index in [1.165, 1.54) is 18.2 Å². The van der Waals surface area contributed by atoms with Crippen LogP contribution < -0.4 is 5.43 Å². The fourth-order valence-corrected chi connectivity index (χ4v) is 2.49. The van der Waals surface area contributed by atoms with Crippen LogP contribution in [-0.4, -0.2) is 21.6 Å². The van der Waals surface area contributed by atoms with E-state index in [1.54, 1.807) is 25.1 Å². The van der Waals surface area contributed by atoms with Crippen LogP contribution in [0, 0.1) is 10.1 Å². The first kappa shape index (κ1) is 17.1. The Hall–Kier alpha value is -3.74. The van der Waals surface area contributed by atoms with Gasteiger partial charge in [-0.05, 0) is 47.5 Å². The molecule has 0 fully saturated rings. The number of aromatic hydroxyl groups is 1. The Morgan fingerprint density at radius 1 is 1.08 bits per heavy atom. The zero-order valence-electron chi connectivity index (χ0n) is 13.8. The average Bonchev–Trinajstić information content (AvgIpc) is 2.65. The number of benzene rings is 3. The lowest BCUT2D eigenvalue weighted by Gasteiger charge is -2.07. The summed E-state index contributed by atoms with van der Waals surface area (Å²) in [6.07, 6.45) is 0. The monoisotopic (exact) mass is 349 g/mol. The van der Waals surface area contributed by atoms with E-state index in [1.807, 2.05) is 24.3 Å². The molecule has 1 amide bonds. The van der Waals surface area contributed by atoms with Crippen molar-refractivity contribution in [3.05, 3.63) is 81.9 Å². The smallest absolute Gasteiger partial charge is 0.275 e. The number of fused-ring (bicyclic) bond motifs is 1. The number of amides is 1. The molecule has 0 aromatic heterocycles. The van der Waals surface area contributed by atoms with Gasteiger partial charge in [0.05, 0.1) is 16.2 Å². The van der Waals surface area contributed by atoms with E-state index in [0.29, 0.717) is 11.3 Å². The van der Waals surface area contributed by atoms with Gasteiger partial charge in [0, 0.05) is 12.1 Å². The molecule has 0 bridgehead atoms. The van der Waals surface area contributed by atoms with Crippen molar-refractivity contribution in [2.45, 2.75) is 6.92 Å². The Morgan fingerprint density at radius 3 is 2.31 bits per heavy atom. The number of phenols is 1. The second kappa shape index (κ2) is 7.02. The van der Waals surface area contributed by atoms with Gasteiger partial charge in [0.1, 0.15) is 5.75 Å². The summed E-state index contributed by atoms with van der Waals surface area (Å²) in [6.45, 7) is 1.67. The minimum atomic E-state index is -0.547. The molecule has 0 aliphatic heterocycles. The number of carbonyl (C=O) groups excluding carboxylic acids is 1. The molecule has 3 aromatic rings. The number of nitrogens with one attached hydrogen (secondary N) is 1. The number of hydrogen-bond donors (Lipinski definition) is 2. The molecule has 0 radical (unpaired) electrons. The summed E-state index contributed by atoms with van der Waals surface area (Å²) in [6, 6.07) is 16.3. The van der Waals surface area contributed by atoms with Gasteiger partial charge in [0.2, 0.25) is 0 Å². The number of carbonyl (C=O) groups is 1. The standard InChI is InChI=1S/C19H15N3O4/c1-12(13-6-8-16(9-7-13)22(25)26)20-21-19(24)17-10-14-4-2-3-5-15(14)11-18(17)23/h2-11,23H,1H3,(H,21,24). The molecule has 2 N–H and O–H groups in total. The zero-order valence-corrected chi connectivity index (χ0v) is 13.8. The van der Waals surface area contributed by atoms with E-state index >= 15 is 0 Å². The van der Waals surface area contributed by atoms with Crippen LogP contribution in [0.3, 0.4) is 0 Å². The molecule has 7 heteroatoms. The SMILES string of the molecule is CC(=NNC(=O)c1cc2ccccc2cc1O)c1ccc([N+](=O)[O-])cc1. The van der Waals surface area contributed by atoms with Crippen LogP contribution in [0.1, 0.15) is 22.8 Å². The highest BCUT2D eigenvalue weighted by molar-refractivity contribution is 6.03. The summed E-state index contributed by atoms with van der Waals surface area (Å²) in [5.74, 6) is -0.682. The topological polar surface area (TPSA) is 105 Å². The number of nitrogens with zero attached hydrogens (tertiary/aromatic N) is 2. The van der Waals surface area contributed by atoms with Gasteiger partial charge in [-0.1, -0.05) is 24.3 Å². The van der Waals surface area contributed by atoms with Crippen LogP contribution in [0.25, 0.3) is 10.8 Å². The van der Waals surface area contributed by atoms with Crippen molar-refractivity contribution < 1.29 is 14.8 Å². The summed E-state index contributed by atoms with van der Waals surface area (Å²) >= 11 is 0. The quantitative estimate of drug-likeness (QED) is 0.426. The molecule has 0 saturated carbocycles. The van der Waals surface area contributed by atoms with Gasteiger partial charge >= 0.3 is 0 Å². The molecular formula is C19H15N3O4. The second-order valence-corrected chi connectivity index (χ2v) is 5.66. The predicted molar refractivity (Wildman–Crippen MR) is 98.4 cm³/mol. The highest BCUT2D eigenvalue weighted by Gasteiger charge is 2.12. The number of hydrazone groups is 1. The number of hydrogen-bond acceptors (Lipinski definition) is 5. The number of phenolic OH excluding ortho intramolecular Hbond substituents is 1. The van der Waals surface area contributed by atoms with Crippen molar-refractivity contribution in [3.63, 3.8) is 0 Å². The van der Waals surface area contributed by atoms with Gasteiger partial charge in [-0.25, -0.2) is 5.43 Å². The minimum absolute atomic E-state index is 0.0216. The maximum atomic E-state index is 12.3. The van der Waals surface area contributed by atoms with Crippen LogP contribution in [0.15, 0.2) is 65.8 Å². The minimum Gasteiger partial charge on any atom is -0.507 e. The Bertz CT molecular complexity index is 1030. The molecule has 0 aliphatic carbocycles. The van der Waals surface area contributed by atoms with Crippen molar-refractivity contribution in [1.29, 1.82) is 0 Å². The summed E-state index contributed by atoms with van der Waals surface area (Å²) in [7, 11) is 0. The van der Waals surface area contributed by atoms with Gasteiger partial charge < -0.3 is 5.11 Å². The molecule has 0 heterocycles. The summed E-state index contributed by atoms with van der Waals surface area (Å²) in [4.78, 5) is 22.5. The number of nitro groups is 1. The fourth-order valence-electron chi connectivity index (χ4n) is 2.49. The molecule has 130 valence electrons. The normalized spacial score (nSPS) is 11.3. The first-order chi connectivity index (χ1) is 12.5. The molecule has 3 aromatic carbocycles. The molecule has 0 spiro atoms. The number of non-ortho nitro benzene ring substituents is 1. The lowest BCUT2D eigenvalue weighted by Crippen LogP contribution is -2.19. The van der Waals surface area contributed by atoms with Gasteiger partial charge in [-0.2, -0.15) is 5.10 Å². The largest absolute Gasteiger partial charge is 0.507 e. The Labute approximate surface area is 148 Å². The molecule has 3 rings (SSSR count). The number of rotatable bonds is 4. The van der Waals surface area contributed by atoms with Crippen LogP contribution >= 0.6 is 0 Å². The predicted octanol–water partition coefficient (Wildman–Crippen LogP) is 3.61. The third-order valence-corrected chi connectivity index (χ3v) is 3.93. The maximum Gasteiger partial charge on any atom is 0.275 e. The summed E-state index contributed by atoms with van der Waals surface area (Å²) in [5, 5.41) is 26.4. The molecule has 26 heavy (non-hydrogen) atoms. The molecule has 7 nitrogen and oxygen atoms in total. The molecule has 0 saturated heterocycles. The Kier molecular flexibility index (Phi) is 4.62. The first-order valence-electron chi connectivity index (χ1n) is 7.77. The average molecular weight is 349 g/mol. The third kappa shape index (κ3) is 3.51.